The molecule has 30 heavy (non-hydrogen) atoms. The van der Waals surface area contributed by atoms with Gasteiger partial charge >= 0.3 is 0 Å². The summed E-state index contributed by atoms with van der Waals surface area (Å²) in [5.41, 5.74) is 4.55. The van der Waals surface area contributed by atoms with Gasteiger partial charge in [-0.1, -0.05) is 18.2 Å². The number of hydrogen-bond acceptors (Lipinski definition) is 5. The zero-order chi connectivity index (χ0) is 20.8. The lowest BCUT2D eigenvalue weighted by atomic mass is 9.94. The van der Waals surface area contributed by atoms with Gasteiger partial charge in [-0.15, -0.1) is 0 Å². The molecule has 0 unspecified atom stereocenters. The van der Waals surface area contributed by atoms with E-state index in [1.807, 2.05) is 35.0 Å². The SMILES string of the molecule is O=S(=O)(CCOc1ccccc1)NCCn1nc(-c2ccncc2)c2c1CCCC2. The fourth-order valence-corrected chi connectivity index (χ4v) is 4.61. The summed E-state index contributed by atoms with van der Waals surface area (Å²) in [4.78, 5) is 4.09. The highest BCUT2D eigenvalue weighted by Crippen LogP contribution is 2.30. The van der Waals surface area contributed by atoms with Gasteiger partial charge < -0.3 is 4.74 Å². The summed E-state index contributed by atoms with van der Waals surface area (Å²) in [6.45, 7) is 0.923. The van der Waals surface area contributed by atoms with Crippen molar-refractivity contribution in [3.63, 3.8) is 0 Å². The van der Waals surface area contributed by atoms with Crippen LogP contribution in [0.25, 0.3) is 11.3 Å². The van der Waals surface area contributed by atoms with Crippen molar-refractivity contribution in [1.29, 1.82) is 0 Å². The van der Waals surface area contributed by atoms with E-state index in [0.717, 1.165) is 36.9 Å². The topological polar surface area (TPSA) is 86.1 Å². The Morgan fingerprint density at radius 1 is 1.03 bits per heavy atom. The van der Waals surface area contributed by atoms with Crippen molar-refractivity contribution in [2.75, 3.05) is 18.9 Å². The monoisotopic (exact) mass is 426 g/mol. The maximum atomic E-state index is 12.3. The molecule has 2 aromatic heterocycles. The molecular formula is C22H26N4O3S. The lowest BCUT2D eigenvalue weighted by Gasteiger charge is -2.14. The molecule has 0 aliphatic heterocycles. The molecule has 3 aromatic rings. The molecule has 0 atom stereocenters. The van der Waals surface area contributed by atoms with Gasteiger partial charge in [0.1, 0.15) is 12.4 Å². The number of fused-ring (bicyclic) bond motifs is 1. The zero-order valence-corrected chi connectivity index (χ0v) is 17.6. The normalized spacial score (nSPS) is 13.7. The van der Waals surface area contributed by atoms with Gasteiger partial charge in [0.15, 0.2) is 0 Å². The van der Waals surface area contributed by atoms with Crippen LogP contribution in [0.3, 0.4) is 0 Å². The number of ether oxygens (including phenoxy) is 1. The summed E-state index contributed by atoms with van der Waals surface area (Å²) in [5.74, 6) is 0.584. The van der Waals surface area contributed by atoms with E-state index in [1.54, 1.807) is 24.5 Å². The Morgan fingerprint density at radius 2 is 1.80 bits per heavy atom. The summed E-state index contributed by atoms with van der Waals surface area (Å²) in [6, 6.07) is 13.1. The predicted octanol–water partition coefficient (Wildman–Crippen LogP) is 2.82. The largest absolute Gasteiger partial charge is 0.492 e. The lowest BCUT2D eigenvalue weighted by Crippen LogP contribution is -2.32. The van der Waals surface area contributed by atoms with E-state index in [1.165, 1.54) is 11.3 Å². The summed E-state index contributed by atoms with van der Waals surface area (Å²) in [5, 5.41) is 4.81. The smallest absolute Gasteiger partial charge is 0.215 e. The maximum Gasteiger partial charge on any atom is 0.215 e. The van der Waals surface area contributed by atoms with Crippen molar-refractivity contribution in [1.82, 2.24) is 19.5 Å². The predicted molar refractivity (Wildman–Crippen MR) is 116 cm³/mol. The van der Waals surface area contributed by atoms with Gasteiger partial charge in [0.2, 0.25) is 10.0 Å². The van der Waals surface area contributed by atoms with E-state index in [-0.39, 0.29) is 12.4 Å². The molecule has 8 heteroatoms. The number of hydrogen-bond donors (Lipinski definition) is 1. The number of pyridine rings is 1. The third-order valence-corrected chi connectivity index (χ3v) is 6.57. The molecule has 0 fully saturated rings. The number of para-hydroxylation sites is 1. The maximum absolute atomic E-state index is 12.3. The zero-order valence-electron chi connectivity index (χ0n) is 16.8. The highest BCUT2D eigenvalue weighted by molar-refractivity contribution is 7.89. The molecular weight excluding hydrogens is 400 g/mol. The number of sulfonamides is 1. The molecule has 0 spiro atoms. The molecule has 0 amide bonds. The Hall–Kier alpha value is -2.71. The van der Waals surface area contributed by atoms with Crippen molar-refractivity contribution in [2.24, 2.45) is 0 Å². The molecule has 1 aliphatic carbocycles. The number of nitrogens with one attached hydrogen (secondary N) is 1. The van der Waals surface area contributed by atoms with E-state index >= 15 is 0 Å². The first-order valence-corrected chi connectivity index (χ1v) is 11.9. The first-order chi connectivity index (χ1) is 14.6. The quantitative estimate of drug-likeness (QED) is 0.569. The van der Waals surface area contributed by atoms with Gasteiger partial charge in [-0.3, -0.25) is 9.67 Å². The second-order valence-corrected chi connectivity index (χ2v) is 9.24. The average molecular weight is 427 g/mol. The molecule has 1 aliphatic rings. The third-order valence-electron chi connectivity index (χ3n) is 5.22. The number of aromatic nitrogens is 3. The highest BCUT2D eigenvalue weighted by Gasteiger charge is 2.22. The van der Waals surface area contributed by atoms with Gasteiger partial charge in [0.25, 0.3) is 0 Å². The minimum atomic E-state index is -3.41. The fourth-order valence-electron chi connectivity index (χ4n) is 3.76. The summed E-state index contributed by atoms with van der Waals surface area (Å²) < 4.78 is 34.7. The molecule has 7 nitrogen and oxygen atoms in total. The van der Waals surface area contributed by atoms with E-state index in [4.69, 9.17) is 9.84 Å². The van der Waals surface area contributed by atoms with Crippen LogP contribution in [-0.2, 0) is 29.4 Å². The highest BCUT2D eigenvalue weighted by atomic mass is 32.2. The van der Waals surface area contributed by atoms with Gasteiger partial charge in [-0.2, -0.15) is 5.10 Å². The van der Waals surface area contributed by atoms with Crippen molar-refractivity contribution in [3.8, 4) is 17.0 Å². The summed E-state index contributed by atoms with van der Waals surface area (Å²) in [6.07, 6.45) is 7.83. The van der Waals surface area contributed by atoms with Crippen LogP contribution < -0.4 is 9.46 Å². The Kier molecular flexibility index (Phi) is 6.44. The summed E-state index contributed by atoms with van der Waals surface area (Å²) >= 11 is 0. The molecule has 0 saturated carbocycles. The van der Waals surface area contributed by atoms with Crippen LogP contribution in [0.2, 0.25) is 0 Å². The molecule has 0 saturated heterocycles. The number of nitrogens with zero attached hydrogens (tertiary/aromatic N) is 3. The average Bonchev–Trinajstić information content (AvgIpc) is 3.14. The molecule has 2 heterocycles. The van der Waals surface area contributed by atoms with E-state index in [2.05, 4.69) is 9.71 Å². The number of rotatable bonds is 9. The van der Waals surface area contributed by atoms with Crippen LogP contribution >= 0.6 is 0 Å². The van der Waals surface area contributed by atoms with Gasteiger partial charge in [0, 0.05) is 35.8 Å². The Labute approximate surface area is 177 Å². The Bertz CT molecular complexity index is 1070. The summed E-state index contributed by atoms with van der Waals surface area (Å²) in [7, 11) is -3.41. The van der Waals surface area contributed by atoms with Crippen LogP contribution in [0.5, 0.6) is 5.75 Å². The van der Waals surface area contributed by atoms with E-state index in [9.17, 15) is 8.42 Å². The first kappa shape index (κ1) is 20.6. The van der Waals surface area contributed by atoms with Crippen LogP contribution in [0.4, 0.5) is 0 Å². The van der Waals surface area contributed by atoms with Crippen LogP contribution in [-0.4, -0.2) is 42.1 Å². The van der Waals surface area contributed by atoms with E-state index in [0.29, 0.717) is 18.8 Å². The molecule has 0 radical (unpaired) electrons. The van der Waals surface area contributed by atoms with Crippen molar-refractivity contribution in [3.05, 3.63) is 66.1 Å². The molecule has 1 aromatic carbocycles. The fraction of sp³-hybridized carbons (Fsp3) is 0.364. The minimum Gasteiger partial charge on any atom is -0.492 e. The molecule has 0 bridgehead atoms. The molecule has 4 rings (SSSR count). The van der Waals surface area contributed by atoms with Crippen molar-refractivity contribution in [2.45, 2.75) is 32.2 Å². The van der Waals surface area contributed by atoms with Gasteiger partial charge in [0.05, 0.1) is 18.0 Å². The van der Waals surface area contributed by atoms with Gasteiger partial charge in [-0.25, -0.2) is 13.1 Å². The lowest BCUT2D eigenvalue weighted by molar-refractivity contribution is 0.340. The first-order valence-electron chi connectivity index (χ1n) is 10.3. The second kappa shape index (κ2) is 9.40. The van der Waals surface area contributed by atoms with Crippen molar-refractivity contribution >= 4 is 10.0 Å². The molecule has 158 valence electrons. The van der Waals surface area contributed by atoms with Gasteiger partial charge in [-0.05, 0) is 49.9 Å². The minimum absolute atomic E-state index is 0.0820. The number of benzene rings is 1. The van der Waals surface area contributed by atoms with Crippen molar-refractivity contribution < 1.29 is 13.2 Å². The van der Waals surface area contributed by atoms with Crippen LogP contribution in [0, 0.1) is 0 Å². The van der Waals surface area contributed by atoms with Crippen LogP contribution in [0.15, 0.2) is 54.9 Å². The Balaban J connectivity index is 1.36. The Morgan fingerprint density at radius 3 is 2.60 bits per heavy atom. The van der Waals surface area contributed by atoms with Crippen LogP contribution in [0.1, 0.15) is 24.1 Å². The standard InChI is InChI=1S/C22H26N4O3S/c27-30(28,17-16-29-19-6-2-1-3-7-19)24-14-15-26-21-9-5-4-8-20(21)22(25-26)18-10-12-23-13-11-18/h1-3,6-7,10-13,24H,4-5,8-9,14-17H2. The van der Waals surface area contributed by atoms with E-state index < -0.39 is 10.0 Å². The third kappa shape index (κ3) is 5.06. The second-order valence-electron chi connectivity index (χ2n) is 7.31. The molecule has 1 N–H and O–H groups in total.